The summed E-state index contributed by atoms with van der Waals surface area (Å²) in [5, 5.41) is 11.5. The zero-order valence-electron chi connectivity index (χ0n) is 9.59. The first-order valence-corrected chi connectivity index (χ1v) is 5.70. The number of carboxylic acids is 1. The van der Waals surface area contributed by atoms with Crippen molar-refractivity contribution in [2.45, 2.75) is 12.5 Å². The molecule has 0 bridgehead atoms. The molecule has 0 saturated carbocycles. The highest BCUT2D eigenvalue weighted by Gasteiger charge is 2.23. The predicted molar refractivity (Wildman–Crippen MR) is 64.9 cm³/mol. The van der Waals surface area contributed by atoms with Crippen molar-refractivity contribution in [1.82, 2.24) is 15.3 Å². The summed E-state index contributed by atoms with van der Waals surface area (Å²) in [7, 11) is 0. The number of aliphatic carboxylic acids is 1. The lowest BCUT2D eigenvalue weighted by molar-refractivity contribution is -0.139. The number of carbonyl (C=O) groups is 2. The highest BCUT2D eigenvalue weighted by atomic mass is 35.5. The quantitative estimate of drug-likeness (QED) is 0.761. The molecule has 100 valence electrons. The minimum atomic E-state index is -1.15. The molecule has 2 rings (SSSR count). The number of hydrogen-bond donors (Lipinski definition) is 3. The molecule has 0 aromatic carbocycles. The summed E-state index contributed by atoms with van der Waals surface area (Å²) in [5.74, 6) is -1.83. The monoisotopic (exact) mass is 283 g/mol. The molecule has 1 amide bonds. The normalized spacial score (nSPS) is 12.1. The Hall–Kier alpha value is -2.28. The fraction of sp³-hybridized carbons (Fsp3) is 0.182. The molecule has 0 spiro atoms. The maximum absolute atomic E-state index is 11.7. The van der Waals surface area contributed by atoms with Crippen molar-refractivity contribution in [1.29, 1.82) is 0 Å². The predicted octanol–water partition coefficient (Wildman–Crippen LogP) is 1.08. The molecule has 0 fully saturated rings. The Labute approximate surface area is 112 Å². The van der Waals surface area contributed by atoms with Crippen molar-refractivity contribution in [3.05, 3.63) is 41.3 Å². The van der Waals surface area contributed by atoms with Crippen LogP contribution in [-0.2, 0) is 11.2 Å². The van der Waals surface area contributed by atoms with Gasteiger partial charge < -0.3 is 19.8 Å². The van der Waals surface area contributed by atoms with Gasteiger partial charge in [0.1, 0.15) is 6.04 Å². The first-order chi connectivity index (χ1) is 9.06. The van der Waals surface area contributed by atoms with Gasteiger partial charge >= 0.3 is 5.97 Å². The van der Waals surface area contributed by atoms with Crippen molar-refractivity contribution in [2.75, 3.05) is 0 Å². The Bertz CT molecular complexity index is 579. The molecular weight excluding hydrogens is 274 g/mol. The van der Waals surface area contributed by atoms with Crippen molar-refractivity contribution < 1.29 is 19.1 Å². The maximum atomic E-state index is 11.7. The van der Waals surface area contributed by atoms with Gasteiger partial charge in [0.05, 0.1) is 6.33 Å². The van der Waals surface area contributed by atoms with Gasteiger partial charge in [0.25, 0.3) is 5.91 Å². The van der Waals surface area contributed by atoms with E-state index in [1.165, 1.54) is 24.7 Å². The van der Waals surface area contributed by atoms with Crippen LogP contribution >= 0.6 is 11.6 Å². The molecule has 0 aliphatic heterocycles. The second kappa shape index (κ2) is 5.57. The van der Waals surface area contributed by atoms with Crippen molar-refractivity contribution in [3.8, 4) is 0 Å². The topological polar surface area (TPSA) is 108 Å². The summed E-state index contributed by atoms with van der Waals surface area (Å²) >= 11 is 5.54. The van der Waals surface area contributed by atoms with Crippen LogP contribution in [-0.4, -0.2) is 33.0 Å². The molecule has 2 aromatic rings. The fourth-order valence-corrected chi connectivity index (χ4v) is 1.63. The van der Waals surface area contributed by atoms with Gasteiger partial charge in [-0.05, 0) is 23.7 Å². The van der Waals surface area contributed by atoms with E-state index in [4.69, 9.17) is 21.1 Å². The molecule has 0 aliphatic carbocycles. The number of carboxylic acid groups (broad SMARTS) is 1. The van der Waals surface area contributed by atoms with Gasteiger partial charge in [0.2, 0.25) is 0 Å². The summed E-state index contributed by atoms with van der Waals surface area (Å²) in [6.07, 6.45) is 3.02. The number of hydrogen-bond acceptors (Lipinski definition) is 4. The number of rotatable bonds is 5. The smallest absolute Gasteiger partial charge is 0.326 e. The number of halogens is 1. The third kappa shape index (κ3) is 3.35. The highest BCUT2D eigenvalue weighted by Crippen LogP contribution is 2.13. The van der Waals surface area contributed by atoms with Crippen molar-refractivity contribution >= 4 is 23.5 Å². The molecule has 0 saturated heterocycles. The maximum Gasteiger partial charge on any atom is 0.326 e. The summed E-state index contributed by atoms with van der Waals surface area (Å²) in [4.78, 5) is 29.4. The molecule has 0 radical (unpaired) electrons. The van der Waals surface area contributed by atoms with E-state index in [0.717, 1.165) is 0 Å². The van der Waals surface area contributed by atoms with E-state index in [9.17, 15) is 9.59 Å². The fourth-order valence-electron chi connectivity index (χ4n) is 1.48. The lowest BCUT2D eigenvalue weighted by Gasteiger charge is -2.12. The number of aromatic amines is 1. The van der Waals surface area contributed by atoms with E-state index in [0.29, 0.717) is 5.69 Å². The van der Waals surface area contributed by atoms with Crippen LogP contribution in [0.3, 0.4) is 0 Å². The number of furan rings is 1. The minimum absolute atomic E-state index is 0.0409. The number of nitrogens with one attached hydrogen (secondary N) is 2. The Morgan fingerprint density at radius 1 is 1.53 bits per heavy atom. The molecule has 2 aromatic heterocycles. The van der Waals surface area contributed by atoms with E-state index in [1.54, 1.807) is 0 Å². The Morgan fingerprint density at radius 3 is 2.84 bits per heavy atom. The van der Waals surface area contributed by atoms with Crippen LogP contribution in [0, 0.1) is 0 Å². The van der Waals surface area contributed by atoms with Crippen LogP contribution in [0.15, 0.2) is 29.1 Å². The van der Waals surface area contributed by atoms with Crippen LogP contribution in [0.2, 0.25) is 5.22 Å². The van der Waals surface area contributed by atoms with Gasteiger partial charge in [-0.1, -0.05) is 0 Å². The second-order valence-corrected chi connectivity index (χ2v) is 4.12. The van der Waals surface area contributed by atoms with Crippen LogP contribution in [0.4, 0.5) is 0 Å². The first-order valence-electron chi connectivity index (χ1n) is 5.32. The molecule has 1 atom stereocenters. The summed E-state index contributed by atoms with van der Waals surface area (Å²) < 4.78 is 4.90. The molecule has 19 heavy (non-hydrogen) atoms. The van der Waals surface area contributed by atoms with E-state index >= 15 is 0 Å². The summed E-state index contributed by atoms with van der Waals surface area (Å²) in [5.41, 5.74) is 0.602. The third-order valence-corrected chi connectivity index (χ3v) is 2.58. The average Bonchev–Trinajstić information content (AvgIpc) is 2.99. The summed E-state index contributed by atoms with van der Waals surface area (Å²) in [6, 6.07) is 1.69. The van der Waals surface area contributed by atoms with Crippen molar-refractivity contribution in [3.63, 3.8) is 0 Å². The largest absolute Gasteiger partial charge is 0.480 e. The van der Waals surface area contributed by atoms with Gasteiger partial charge in [-0.15, -0.1) is 0 Å². The first kappa shape index (κ1) is 13.2. The van der Waals surface area contributed by atoms with E-state index in [-0.39, 0.29) is 17.4 Å². The van der Waals surface area contributed by atoms with Gasteiger partial charge in [-0.25, -0.2) is 9.78 Å². The SMILES string of the molecule is O=C(N[C@H](Cc1cnc[nH]1)C(=O)O)c1ccc(Cl)o1. The van der Waals surface area contributed by atoms with E-state index in [2.05, 4.69) is 15.3 Å². The Balaban J connectivity index is 2.04. The zero-order valence-corrected chi connectivity index (χ0v) is 10.3. The molecule has 0 unspecified atom stereocenters. The summed E-state index contributed by atoms with van der Waals surface area (Å²) in [6.45, 7) is 0. The number of carbonyl (C=O) groups excluding carboxylic acids is 1. The van der Waals surface area contributed by atoms with Gasteiger partial charge in [0, 0.05) is 18.3 Å². The molecular formula is C11H10ClN3O4. The van der Waals surface area contributed by atoms with Gasteiger partial charge in [-0.2, -0.15) is 0 Å². The van der Waals surface area contributed by atoms with Gasteiger partial charge in [-0.3, -0.25) is 4.79 Å². The number of nitrogens with zero attached hydrogens (tertiary/aromatic N) is 1. The minimum Gasteiger partial charge on any atom is -0.480 e. The number of aromatic nitrogens is 2. The van der Waals surface area contributed by atoms with Crippen LogP contribution in [0.5, 0.6) is 0 Å². The van der Waals surface area contributed by atoms with E-state index in [1.807, 2.05) is 0 Å². The molecule has 2 heterocycles. The number of imidazole rings is 1. The molecule has 7 nitrogen and oxygen atoms in total. The lowest BCUT2D eigenvalue weighted by Crippen LogP contribution is -2.42. The van der Waals surface area contributed by atoms with Crippen molar-refractivity contribution in [2.24, 2.45) is 0 Å². The van der Waals surface area contributed by atoms with Crippen LogP contribution in [0.25, 0.3) is 0 Å². The standard InChI is InChI=1S/C11H10ClN3O4/c12-9-2-1-8(19-9)10(16)15-7(11(17)18)3-6-4-13-5-14-6/h1-2,4-5,7H,3H2,(H,13,14)(H,15,16)(H,17,18)/t7-/m1/s1. The highest BCUT2D eigenvalue weighted by molar-refractivity contribution is 6.29. The average molecular weight is 284 g/mol. The Kier molecular flexibility index (Phi) is 3.86. The van der Waals surface area contributed by atoms with Crippen LogP contribution < -0.4 is 5.32 Å². The zero-order chi connectivity index (χ0) is 13.8. The molecule has 3 N–H and O–H groups in total. The van der Waals surface area contributed by atoms with Crippen LogP contribution in [0.1, 0.15) is 16.2 Å². The number of H-pyrrole nitrogens is 1. The molecule has 0 aliphatic rings. The second-order valence-electron chi connectivity index (χ2n) is 3.75. The Morgan fingerprint density at radius 2 is 2.32 bits per heavy atom. The third-order valence-electron chi connectivity index (χ3n) is 2.38. The lowest BCUT2D eigenvalue weighted by atomic mass is 10.1. The van der Waals surface area contributed by atoms with Gasteiger partial charge in [0.15, 0.2) is 11.0 Å². The van der Waals surface area contributed by atoms with E-state index < -0.39 is 17.9 Å². The number of amides is 1. The molecule has 8 heteroatoms.